The predicted molar refractivity (Wildman–Crippen MR) is 78.5 cm³/mol. The Balaban J connectivity index is 2.01. The molecule has 0 aliphatic heterocycles. The standard InChI is InChI=1S/C14H14N2O3S/c1-2-12-3-4-13(20-12)8-15-16-14(19)9-5-10(17)7-11(18)6-9/h3-8,17-18H,2H2,1H3,(H,16,19). The molecule has 0 fully saturated rings. The number of hydrazone groups is 1. The summed E-state index contributed by atoms with van der Waals surface area (Å²) in [7, 11) is 0. The van der Waals surface area contributed by atoms with Crippen LogP contribution in [0.3, 0.4) is 0 Å². The van der Waals surface area contributed by atoms with E-state index in [0.29, 0.717) is 0 Å². The van der Waals surface area contributed by atoms with Crippen molar-refractivity contribution >= 4 is 23.5 Å². The number of phenols is 2. The third kappa shape index (κ3) is 3.58. The topological polar surface area (TPSA) is 81.9 Å². The third-order valence-electron chi connectivity index (χ3n) is 2.55. The summed E-state index contributed by atoms with van der Waals surface area (Å²) in [5.41, 5.74) is 2.48. The van der Waals surface area contributed by atoms with E-state index in [1.54, 1.807) is 17.6 Å². The van der Waals surface area contributed by atoms with E-state index in [-0.39, 0.29) is 17.1 Å². The molecule has 2 rings (SSSR count). The first-order valence-electron chi connectivity index (χ1n) is 6.03. The summed E-state index contributed by atoms with van der Waals surface area (Å²) < 4.78 is 0. The Morgan fingerprint density at radius 2 is 2.00 bits per heavy atom. The van der Waals surface area contributed by atoms with Gasteiger partial charge in [0.25, 0.3) is 5.91 Å². The van der Waals surface area contributed by atoms with Crippen molar-refractivity contribution in [2.45, 2.75) is 13.3 Å². The van der Waals surface area contributed by atoms with Crippen LogP contribution in [0.1, 0.15) is 27.0 Å². The van der Waals surface area contributed by atoms with E-state index in [4.69, 9.17) is 0 Å². The van der Waals surface area contributed by atoms with Crippen LogP contribution in [0, 0.1) is 0 Å². The molecule has 0 aliphatic rings. The molecule has 6 heteroatoms. The Hall–Kier alpha value is -2.34. The molecule has 0 bridgehead atoms. The predicted octanol–water partition coefficient (Wildman–Crippen LogP) is 2.49. The van der Waals surface area contributed by atoms with Gasteiger partial charge in [-0.15, -0.1) is 11.3 Å². The second-order valence-electron chi connectivity index (χ2n) is 4.09. The number of carbonyl (C=O) groups is 1. The van der Waals surface area contributed by atoms with E-state index in [1.807, 2.05) is 12.1 Å². The van der Waals surface area contributed by atoms with Gasteiger partial charge in [-0.1, -0.05) is 6.92 Å². The second-order valence-corrected chi connectivity index (χ2v) is 5.29. The molecule has 0 atom stereocenters. The van der Waals surface area contributed by atoms with Gasteiger partial charge in [-0.05, 0) is 30.7 Å². The Labute approximate surface area is 120 Å². The van der Waals surface area contributed by atoms with Crippen LogP contribution in [0.25, 0.3) is 0 Å². The van der Waals surface area contributed by atoms with Gasteiger partial charge >= 0.3 is 0 Å². The first-order chi connectivity index (χ1) is 9.58. The number of hydrogen-bond donors (Lipinski definition) is 3. The van der Waals surface area contributed by atoms with Crippen LogP contribution in [-0.2, 0) is 6.42 Å². The maximum absolute atomic E-state index is 11.8. The van der Waals surface area contributed by atoms with Gasteiger partial charge in [0, 0.05) is 21.4 Å². The van der Waals surface area contributed by atoms with Gasteiger partial charge in [-0.3, -0.25) is 4.79 Å². The van der Waals surface area contributed by atoms with E-state index in [9.17, 15) is 15.0 Å². The number of hydrogen-bond acceptors (Lipinski definition) is 5. The zero-order chi connectivity index (χ0) is 14.5. The lowest BCUT2D eigenvalue weighted by atomic mass is 10.2. The molecule has 0 saturated carbocycles. The highest BCUT2D eigenvalue weighted by atomic mass is 32.1. The lowest BCUT2D eigenvalue weighted by Crippen LogP contribution is -2.17. The van der Waals surface area contributed by atoms with Crippen LogP contribution in [0.5, 0.6) is 11.5 Å². The summed E-state index contributed by atoms with van der Waals surface area (Å²) in [5, 5.41) is 22.4. The fourth-order valence-electron chi connectivity index (χ4n) is 1.60. The molecule has 1 aromatic heterocycles. The maximum atomic E-state index is 11.8. The highest BCUT2D eigenvalue weighted by Crippen LogP contribution is 2.20. The maximum Gasteiger partial charge on any atom is 0.271 e. The SMILES string of the molecule is CCc1ccc(C=NNC(=O)c2cc(O)cc(O)c2)s1. The van der Waals surface area contributed by atoms with Crippen molar-refractivity contribution in [2.24, 2.45) is 5.10 Å². The zero-order valence-electron chi connectivity index (χ0n) is 10.8. The van der Waals surface area contributed by atoms with Crippen molar-refractivity contribution in [3.8, 4) is 11.5 Å². The number of aryl methyl sites for hydroxylation is 1. The van der Waals surface area contributed by atoms with Crippen molar-refractivity contribution < 1.29 is 15.0 Å². The number of carbonyl (C=O) groups excluding carboxylic acids is 1. The Bertz CT molecular complexity index is 629. The van der Waals surface area contributed by atoms with Crippen molar-refractivity contribution in [2.75, 3.05) is 0 Å². The molecule has 1 heterocycles. The molecule has 0 radical (unpaired) electrons. The second kappa shape index (κ2) is 6.21. The Morgan fingerprint density at radius 1 is 1.30 bits per heavy atom. The molecule has 2 aromatic rings. The average molecular weight is 290 g/mol. The molecule has 20 heavy (non-hydrogen) atoms. The molecule has 0 spiro atoms. The molecule has 3 N–H and O–H groups in total. The van der Waals surface area contributed by atoms with E-state index in [2.05, 4.69) is 17.5 Å². The molecule has 0 unspecified atom stereocenters. The van der Waals surface area contributed by atoms with Crippen molar-refractivity contribution in [3.63, 3.8) is 0 Å². The first kappa shape index (κ1) is 14.1. The molecule has 104 valence electrons. The minimum absolute atomic E-state index is 0.139. The van der Waals surface area contributed by atoms with E-state index in [1.165, 1.54) is 17.0 Å². The van der Waals surface area contributed by atoms with Crippen molar-refractivity contribution in [1.29, 1.82) is 0 Å². The number of phenolic OH excluding ortho intramolecular Hbond substituents is 2. The van der Waals surface area contributed by atoms with E-state index < -0.39 is 5.91 Å². The van der Waals surface area contributed by atoms with Gasteiger partial charge in [-0.2, -0.15) is 5.10 Å². The number of benzene rings is 1. The summed E-state index contributed by atoms with van der Waals surface area (Å²) >= 11 is 1.60. The smallest absolute Gasteiger partial charge is 0.271 e. The largest absolute Gasteiger partial charge is 0.508 e. The molecule has 1 amide bonds. The van der Waals surface area contributed by atoms with Crippen LogP contribution < -0.4 is 5.43 Å². The number of nitrogens with one attached hydrogen (secondary N) is 1. The van der Waals surface area contributed by atoms with Crippen LogP contribution in [0.4, 0.5) is 0 Å². The highest BCUT2D eigenvalue weighted by molar-refractivity contribution is 7.13. The fourth-order valence-corrected chi connectivity index (χ4v) is 2.42. The number of rotatable bonds is 4. The third-order valence-corrected chi connectivity index (χ3v) is 3.72. The van der Waals surface area contributed by atoms with Gasteiger partial charge < -0.3 is 10.2 Å². The van der Waals surface area contributed by atoms with Crippen molar-refractivity contribution in [3.05, 3.63) is 45.6 Å². The number of thiophene rings is 1. The molecular formula is C14H14N2O3S. The fraction of sp³-hybridized carbons (Fsp3) is 0.143. The normalized spacial score (nSPS) is 10.8. The quantitative estimate of drug-likeness (QED) is 0.597. The summed E-state index contributed by atoms with van der Waals surface area (Å²) in [4.78, 5) is 13.9. The molecular weight excluding hydrogens is 276 g/mol. The summed E-state index contributed by atoms with van der Waals surface area (Å²) in [5.74, 6) is -0.852. The van der Waals surface area contributed by atoms with Gasteiger partial charge in [0.15, 0.2) is 0 Å². The molecule has 5 nitrogen and oxygen atoms in total. The Morgan fingerprint density at radius 3 is 2.60 bits per heavy atom. The molecule has 0 aliphatic carbocycles. The van der Waals surface area contributed by atoms with Gasteiger partial charge in [0.05, 0.1) is 6.21 Å². The summed E-state index contributed by atoms with van der Waals surface area (Å²) in [6, 6.07) is 7.61. The van der Waals surface area contributed by atoms with Gasteiger partial charge in [0.1, 0.15) is 11.5 Å². The molecule has 1 aromatic carbocycles. The minimum atomic E-state index is -0.500. The first-order valence-corrected chi connectivity index (χ1v) is 6.85. The number of aromatic hydroxyl groups is 2. The monoisotopic (exact) mass is 290 g/mol. The number of amides is 1. The minimum Gasteiger partial charge on any atom is -0.508 e. The average Bonchev–Trinajstić information content (AvgIpc) is 2.85. The van der Waals surface area contributed by atoms with E-state index >= 15 is 0 Å². The highest BCUT2D eigenvalue weighted by Gasteiger charge is 2.07. The Kier molecular flexibility index (Phi) is 4.37. The lowest BCUT2D eigenvalue weighted by Gasteiger charge is -2.01. The lowest BCUT2D eigenvalue weighted by molar-refractivity contribution is 0.0954. The van der Waals surface area contributed by atoms with Crippen LogP contribution in [0.2, 0.25) is 0 Å². The van der Waals surface area contributed by atoms with Gasteiger partial charge in [0.2, 0.25) is 0 Å². The zero-order valence-corrected chi connectivity index (χ0v) is 11.6. The summed E-state index contributed by atoms with van der Waals surface area (Å²) in [6.45, 7) is 2.07. The molecule has 0 saturated heterocycles. The van der Waals surface area contributed by atoms with Gasteiger partial charge in [-0.25, -0.2) is 5.43 Å². The van der Waals surface area contributed by atoms with Crippen molar-refractivity contribution in [1.82, 2.24) is 5.43 Å². The summed E-state index contributed by atoms with van der Waals surface area (Å²) in [6.07, 6.45) is 2.53. The van der Waals surface area contributed by atoms with Crippen LogP contribution in [-0.4, -0.2) is 22.3 Å². The number of nitrogens with zero attached hydrogens (tertiary/aromatic N) is 1. The van der Waals surface area contributed by atoms with Crippen LogP contribution >= 0.6 is 11.3 Å². The van der Waals surface area contributed by atoms with E-state index in [0.717, 1.165) is 17.4 Å². The van der Waals surface area contributed by atoms with Crippen LogP contribution in [0.15, 0.2) is 35.4 Å².